The average molecular weight is 596 g/mol. The number of benzene rings is 3. The van der Waals surface area contributed by atoms with Crippen LogP contribution in [0.3, 0.4) is 0 Å². The van der Waals surface area contributed by atoms with E-state index in [-0.39, 0.29) is 23.4 Å². The second-order valence-electron chi connectivity index (χ2n) is 10.7. The molecule has 218 valence electrons. The summed E-state index contributed by atoms with van der Waals surface area (Å²) in [7, 11) is -4.15. The van der Waals surface area contributed by atoms with Crippen LogP contribution in [0.5, 0.6) is 0 Å². The van der Waals surface area contributed by atoms with Crippen molar-refractivity contribution in [2.75, 3.05) is 10.8 Å². The zero-order valence-electron chi connectivity index (χ0n) is 23.8. The number of hydrogen-bond donors (Lipinski definition) is 1. The molecule has 41 heavy (non-hydrogen) atoms. The van der Waals surface area contributed by atoms with E-state index in [0.29, 0.717) is 22.7 Å². The van der Waals surface area contributed by atoms with Crippen molar-refractivity contribution in [1.29, 1.82) is 0 Å². The molecule has 0 spiro atoms. The van der Waals surface area contributed by atoms with Crippen molar-refractivity contribution in [2.45, 2.75) is 76.4 Å². The summed E-state index contributed by atoms with van der Waals surface area (Å²) < 4.78 is 29.1. The molecule has 0 radical (unpaired) electrons. The monoisotopic (exact) mass is 595 g/mol. The molecule has 1 aliphatic rings. The number of para-hydroxylation sites is 1. The van der Waals surface area contributed by atoms with Crippen molar-refractivity contribution in [3.8, 4) is 0 Å². The van der Waals surface area contributed by atoms with E-state index in [4.69, 9.17) is 11.6 Å². The predicted octanol–water partition coefficient (Wildman–Crippen LogP) is 6.02. The summed E-state index contributed by atoms with van der Waals surface area (Å²) in [4.78, 5) is 29.3. The van der Waals surface area contributed by atoms with Crippen LogP contribution in [-0.4, -0.2) is 43.8 Å². The van der Waals surface area contributed by atoms with Crippen molar-refractivity contribution in [1.82, 2.24) is 10.2 Å². The lowest BCUT2D eigenvalue weighted by atomic mass is 10.1. The zero-order chi connectivity index (χ0) is 29.6. The second-order valence-corrected chi connectivity index (χ2v) is 13.0. The Morgan fingerprint density at radius 3 is 2.29 bits per heavy atom. The average Bonchev–Trinajstić information content (AvgIpc) is 3.45. The minimum atomic E-state index is -4.15. The van der Waals surface area contributed by atoms with Crippen LogP contribution in [0.25, 0.3) is 0 Å². The van der Waals surface area contributed by atoms with Crippen LogP contribution in [0.1, 0.15) is 55.7 Å². The number of rotatable bonds is 11. The van der Waals surface area contributed by atoms with Gasteiger partial charge in [0.25, 0.3) is 10.0 Å². The molecule has 4 rings (SSSR count). The van der Waals surface area contributed by atoms with Gasteiger partial charge in [-0.25, -0.2) is 8.42 Å². The number of hydrogen-bond acceptors (Lipinski definition) is 4. The molecule has 0 aliphatic heterocycles. The normalized spacial score (nSPS) is 14.4. The van der Waals surface area contributed by atoms with E-state index in [1.54, 1.807) is 25.1 Å². The number of carbonyl (C=O) groups excluding carboxylic acids is 2. The molecule has 7 nitrogen and oxygen atoms in total. The van der Waals surface area contributed by atoms with Gasteiger partial charge in [0, 0.05) is 17.6 Å². The van der Waals surface area contributed by atoms with Crippen LogP contribution >= 0.6 is 11.6 Å². The zero-order valence-corrected chi connectivity index (χ0v) is 25.4. The molecule has 3 aromatic carbocycles. The Morgan fingerprint density at radius 2 is 1.66 bits per heavy atom. The summed E-state index contributed by atoms with van der Waals surface area (Å²) in [6.45, 7) is 5.37. The third kappa shape index (κ3) is 7.49. The van der Waals surface area contributed by atoms with Gasteiger partial charge in [-0.2, -0.15) is 0 Å². The molecule has 0 heterocycles. The number of nitrogens with one attached hydrogen (secondary N) is 1. The van der Waals surface area contributed by atoms with Crippen molar-refractivity contribution in [3.05, 3.63) is 94.5 Å². The minimum absolute atomic E-state index is 0.0224. The number of aryl methyl sites for hydroxylation is 2. The number of amides is 2. The van der Waals surface area contributed by atoms with E-state index in [2.05, 4.69) is 5.32 Å². The lowest BCUT2D eigenvalue weighted by molar-refractivity contribution is -0.140. The van der Waals surface area contributed by atoms with E-state index >= 15 is 0 Å². The Labute approximate surface area is 248 Å². The van der Waals surface area contributed by atoms with Gasteiger partial charge in [-0.1, -0.05) is 79.4 Å². The highest BCUT2D eigenvalue weighted by Gasteiger charge is 2.35. The highest BCUT2D eigenvalue weighted by Crippen LogP contribution is 2.28. The third-order valence-electron chi connectivity index (χ3n) is 7.59. The molecule has 1 fully saturated rings. The van der Waals surface area contributed by atoms with E-state index in [0.717, 1.165) is 41.1 Å². The molecule has 0 unspecified atom stereocenters. The quantitative estimate of drug-likeness (QED) is 0.294. The number of halogens is 1. The fourth-order valence-corrected chi connectivity index (χ4v) is 6.99. The van der Waals surface area contributed by atoms with E-state index in [1.165, 1.54) is 29.2 Å². The van der Waals surface area contributed by atoms with Crippen LogP contribution < -0.4 is 9.62 Å². The van der Waals surface area contributed by atoms with Crippen LogP contribution in [0.2, 0.25) is 5.02 Å². The topological polar surface area (TPSA) is 86.8 Å². The van der Waals surface area contributed by atoms with Crippen molar-refractivity contribution < 1.29 is 18.0 Å². The van der Waals surface area contributed by atoms with Gasteiger partial charge in [-0.3, -0.25) is 13.9 Å². The summed E-state index contributed by atoms with van der Waals surface area (Å²) in [6, 6.07) is 20.1. The van der Waals surface area contributed by atoms with Crippen LogP contribution in [0, 0.1) is 13.8 Å². The van der Waals surface area contributed by atoms with E-state index in [9.17, 15) is 18.0 Å². The molecule has 1 saturated carbocycles. The van der Waals surface area contributed by atoms with Gasteiger partial charge < -0.3 is 10.2 Å². The first-order valence-electron chi connectivity index (χ1n) is 14.1. The minimum Gasteiger partial charge on any atom is -0.352 e. The Kier molecular flexibility index (Phi) is 10.1. The SMILES string of the molecule is CC[C@@H](C(=O)NC1CCCC1)N(Cc1cccc(C)c1)C(=O)CN(c1ccccc1C)S(=O)(=O)c1ccc(Cl)cc1. The Balaban J connectivity index is 1.72. The third-order valence-corrected chi connectivity index (χ3v) is 9.61. The smallest absolute Gasteiger partial charge is 0.264 e. The number of carbonyl (C=O) groups is 2. The van der Waals surface area contributed by atoms with E-state index < -0.39 is 28.5 Å². The molecule has 1 atom stereocenters. The van der Waals surface area contributed by atoms with Crippen molar-refractivity contribution >= 4 is 39.1 Å². The van der Waals surface area contributed by atoms with Crippen LogP contribution in [0.15, 0.2) is 77.7 Å². The van der Waals surface area contributed by atoms with E-state index in [1.807, 2.05) is 44.2 Å². The highest BCUT2D eigenvalue weighted by molar-refractivity contribution is 7.92. The first-order valence-corrected chi connectivity index (χ1v) is 15.9. The van der Waals surface area contributed by atoms with Crippen LogP contribution in [-0.2, 0) is 26.2 Å². The first kappa shape index (κ1) is 30.6. The molecule has 2 amide bonds. The van der Waals surface area contributed by atoms with Gasteiger partial charge in [-0.05, 0) is 74.6 Å². The number of sulfonamides is 1. The summed E-state index contributed by atoms with van der Waals surface area (Å²) in [6.07, 6.45) is 4.39. The largest absolute Gasteiger partial charge is 0.352 e. The number of anilines is 1. The van der Waals surface area contributed by atoms with Gasteiger partial charge in [0.15, 0.2) is 0 Å². The maximum absolute atomic E-state index is 14.2. The predicted molar refractivity (Wildman–Crippen MR) is 163 cm³/mol. The molecule has 3 aromatic rings. The highest BCUT2D eigenvalue weighted by atomic mass is 35.5. The Bertz CT molecular complexity index is 1470. The molecule has 9 heteroatoms. The van der Waals surface area contributed by atoms with Crippen LogP contribution in [0.4, 0.5) is 5.69 Å². The molecule has 0 bridgehead atoms. The molecular weight excluding hydrogens is 558 g/mol. The first-order chi connectivity index (χ1) is 19.6. The maximum atomic E-state index is 14.2. The summed E-state index contributed by atoms with van der Waals surface area (Å²) >= 11 is 6.03. The molecule has 1 aliphatic carbocycles. The Morgan fingerprint density at radius 1 is 0.976 bits per heavy atom. The fourth-order valence-electron chi connectivity index (χ4n) is 5.38. The fraction of sp³-hybridized carbons (Fsp3) is 0.375. The van der Waals surface area contributed by atoms with Crippen molar-refractivity contribution in [3.63, 3.8) is 0 Å². The van der Waals surface area contributed by atoms with Gasteiger partial charge in [-0.15, -0.1) is 0 Å². The van der Waals surface area contributed by atoms with Gasteiger partial charge in [0.1, 0.15) is 12.6 Å². The van der Waals surface area contributed by atoms with Crippen molar-refractivity contribution in [2.24, 2.45) is 0 Å². The summed E-state index contributed by atoms with van der Waals surface area (Å²) in [5, 5.41) is 3.55. The lowest BCUT2D eigenvalue weighted by Gasteiger charge is -2.34. The van der Waals surface area contributed by atoms with Gasteiger partial charge in [0.05, 0.1) is 10.6 Å². The Hall–Kier alpha value is -3.36. The summed E-state index contributed by atoms with van der Waals surface area (Å²) in [5.74, 6) is -0.663. The van der Waals surface area contributed by atoms with Gasteiger partial charge in [0.2, 0.25) is 11.8 Å². The molecule has 0 aromatic heterocycles. The number of nitrogens with zero attached hydrogens (tertiary/aromatic N) is 2. The van der Waals surface area contributed by atoms with Gasteiger partial charge >= 0.3 is 0 Å². The molecular formula is C32H38ClN3O4S. The second kappa shape index (κ2) is 13.5. The molecule has 0 saturated heterocycles. The standard InChI is InChI=1S/C32H38ClN3O4S/c1-4-29(32(38)34-27-13-6-7-14-27)35(21-25-12-9-10-23(2)20-25)31(37)22-36(30-15-8-5-11-24(30)3)41(39,40)28-18-16-26(33)17-19-28/h5,8-12,15-20,27,29H,4,6-7,13-14,21-22H2,1-3H3,(H,34,38)/t29-/m0/s1. The lowest BCUT2D eigenvalue weighted by Crippen LogP contribution is -2.53. The summed E-state index contributed by atoms with van der Waals surface area (Å²) in [5.41, 5.74) is 3.00. The maximum Gasteiger partial charge on any atom is 0.264 e. The molecule has 1 N–H and O–H groups in total.